The van der Waals surface area contributed by atoms with Crippen LogP contribution in [0.25, 0.3) is 22.3 Å². The minimum absolute atomic E-state index is 0.0379. The van der Waals surface area contributed by atoms with Crippen LogP contribution in [0.3, 0.4) is 0 Å². The van der Waals surface area contributed by atoms with Gasteiger partial charge in [0.1, 0.15) is 24.8 Å². The Balaban J connectivity index is 1.50. The number of carbonyl (C=O) groups is 1. The molecule has 1 aliphatic carbocycles. The van der Waals surface area contributed by atoms with E-state index in [0.29, 0.717) is 29.2 Å². The van der Waals surface area contributed by atoms with Gasteiger partial charge in [-0.15, -0.1) is 0 Å². The summed E-state index contributed by atoms with van der Waals surface area (Å²) in [5.74, 6) is 0.336. The lowest BCUT2D eigenvalue weighted by atomic mass is 9.83. The molecule has 0 bridgehead atoms. The van der Waals surface area contributed by atoms with Crippen molar-refractivity contribution < 1.29 is 23.8 Å². The van der Waals surface area contributed by atoms with Crippen molar-refractivity contribution in [3.63, 3.8) is 0 Å². The Morgan fingerprint density at radius 3 is 2.36 bits per heavy atom. The molecule has 0 aromatic heterocycles. The molecule has 1 saturated carbocycles. The molecule has 0 heterocycles. The first kappa shape index (κ1) is 25.6. The van der Waals surface area contributed by atoms with Gasteiger partial charge in [-0.2, -0.15) is 0 Å². The molecule has 4 rings (SSSR count). The summed E-state index contributed by atoms with van der Waals surface area (Å²) in [7, 11) is 0. The number of aliphatic hydroxyl groups is 1. The van der Waals surface area contributed by atoms with Crippen molar-refractivity contribution in [1.82, 2.24) is 0 Å². The molecule has 1 fully saturated rings. The van der Waals surface area contributed by atoms with Gasteiger partial charge in [-0.25, -0.2) is 9.18 Å². The van der Waals surface area contributed by atoms with E-state index in [2.05, 4.69) is 30.8 Å². The molecule has 0 radical (unpaired) electrons. The monoisotopic (exact) mass is 488 g/mol. The molecular formula is C31H33FO4. The fourth-order valence-electron chi connectivity index (χ4n) is 4.85. The van der Waals surface area contributed by atoms with E-state index in [1.807, 2.05) is 18.2 Å². The van der Waals surface area contributed by atoms with E-state index < -0.39 is 5.97 Å². The summed E-state index contributed by atoms with van der Waals surface area (Å²) < 4.78 is 26.0. The van der Waals surface area contributed by atoms with Crippen LogP contribution in [0.5, 0.6) is 5.75 Å². The summed E-state index contributed by atoms with van der Waals surface area (Å²) in [6, 6.07) is 19.3. The standard InChI is InChI=1S/C31H33FO4/c1-2-31(34)36-19-18-35-30-21-27(13-12-25(30)16-17-33)28-15-14-26(20-29(28)32)24-10-8-23(9-11-24)22-6-4-3-5-7-22/h2,8-15,20-22,33H,1,3-7,16-19H2. The third-order valence-electron chi connectivity index (χ3n) is 6.80. The lowest BCUT2D eigenvalue weighted by Crippen LogP contribution is -2.11. The molecule has 3 aromatic rings. The van der Waals surface area contributed by atoms with Gasteiger partial charge in [0.2, 0.25) is 0 Å². The van der Waals surface area contributed by atoms with E-state index >= 15 is 4.39 Å². The van der Waals surface area contributed by atoms with Crippen molar-refractivity contribution in [3.05, 3.63) is 90.3 Å². The first-order valence-electron chi connectivity index (χ1n) is 12.6. The van der Waals surface area contributed by atoms with E-state index in [1.54, 1.807) is 18.2 Å². The van der Waals surface area contributed by atoms with E-state index in [0.717, 1.165) is 22.8 Å². The number of carbonyl (C=O) groups excluding carboxylic acids is 1. The number of hydrogen-bond donors (Lipinski definition) is 1. The third kappa shape index (κ3) is 6.41. The number of benzene rings is 3. The van der Waals surface area contributed by atoms with Gasteiger partial charge in [0.25, 0.3) is 0 Å². The van der Waals surface area contributed by atoms with Crippen LogP contribution in [0.2, 0.25) is 0 Å². The Morgan fingerprint density at radius 1 is 0.944 bits per heavy atom. The Kier molecular flexibility index (Phi) is 8.90. The highest BCUT2D eigenvalue weighted by atomic mass is 19.1. The quantitative estimate of drug-likeness (QED) is 0.193. The Bertz CT molecular complexity index is 1180. The minimum Gasteiger partial charge on any atom is -0.490 e. The highest BCUT2D eigenvalue weighted by molar-refractivity contribution is 5.81. The van der Waals surface area contributed by atoms with E-state index in [4.69, 9.17) is 9.47 Å². The van der Waals surface area contributed by atoms with Crippen molar-refractivity contribution in [2.75, 3.05) is 19.8 Å². The number of rotatable bonds is 10. The molecule has 1 aliphatic rings. The largest absolute Gasteiger partial charge is 0.490 e. The van der Waals surface area contributed by atoms with Crippen molar-refractivity contribution in [1.29, 1.82) is 0 Å². The van der Waals surface area contributed by atoms with E-state index in [1.165, 1.54) is 37.7 Å². The van der Waals surface area contributed by atoms with Crippen molar-refractivity contribution in [2.24, 2.45) is 0 Å². The average molecular weight is 489 g/mol. The van der Waals surface area contributed by atoms with E-state index in [-0.39, 0.29) is 25.6 Å². The molecule has 5 heteroatoms. The highest BCUT2D eigenvalue weighted by Crippen LogP contribution is 2.35. The van der Waals surface area contributed by atoms with Crippen molar-refractivity contribution in [3.8, 4) is 28.0 Å². The summed E-state index contributed by atoms with van der Waals surface area (Å²) in [6.45, 7) is 3.53. The molecule has 0 aliphatic heterocycles. The van der Waals surface area contributed by atoms with Crippen LogP contribution < -0.4 is 4.74 Å². The van der Waals surface area contributed by atoms with Crippen molar-refractivity contribution in [2.45, 2.75) is 44.4 Å². The summed E-state index contributed by atoms with van der Waals surface area (Å²) in [5, 5.41) is 9.38. The zero-order valence-electron chi connectivity index (χ0n) is 20.5. The predicted octanol–water partition coefficient (Wildman–Crippen LogP) is 6.85. The Morgan fingerprint density at radius 2 is 1.67 bits per heavy atom. The average Bonchev–Trinajstić information content (AvgIpc) is 2.92. The number of aliphatic hydroxyl groups excluding tert-OH is 1. The van der Waals surface area contributed by atoms with Gasteiger partial charge in [0.15, 0.2) is 0 Å². The summed E-state index contributed by atoms with van der Waals surface area (Å²) >= 11 is 0. The second kappa shape index (κ2) is 12.5. The lowest BCUT2D eigenvalue weighted by Gasteiger charge is -2.22. The van der Waals surface area contributed by atoms with Gasteiger partial charge < -0.3 is 14.6 Å². The molecule has 3 aromatic carbocycles. The van der Waals surface area contributed by atoms with Gasteiger partial charge in [0.05, 0.1) is 0 Å². The number of esters is 1. The van der Waals surface area contributed by atoms with Gasteiger partial charge in [-0.05, 0) is 65.1 Å². The van der Waals surface area contributed by atoms with E-state index in [9.17, 15) is 9.90 Å². The SMILES string of the molecule is C=CC(=O)OCCOc1cc(-c2ccc(-c3ccc(C4CCCCC4)cc3)cc2F)ccc1CCO. The summed E-state index contributed by atoms with van der Waals surface area (Å²) in [6.07, 6.45) is 7.95. The van der Waals surface area contributed by atoms with Gasteiger partial charge in [-0.1, -0.05) is 74.4 Å². The maximum Gasteiger partial charge on any atom is 0.330 e. The zero-order valence-corrected chi connectivity index (χ0v) is 20.5. The Hall–Kier alpha value is -3.44. The molecule has 188 valence electrons. The van der Waals surface area contributed by atoms with Crippen LogP contribution in [-0.4, -0.2) is 30.9 Å². The van der Waals surface area contributed by atoms with Crippen LogP contribution >= 0.6 is 0 Å². The third-order valence-corrected chi connectivity index (χ3v) is 6.80. The highest BCUT2D eigenvalue weighted by Gasteiger charge is 2.16. The molecule has 36 heavy (non-hydrogen) atoms. The van der Waals surface area contributed by atoms with Gasteiger partial charge >= 0.3 is 5.97 Å². The fourth-order valence-corrected chi connectivity index (χ4v) is 4.85. The van der Waals surface area contributed by atoms with Crippen LogP contribution in [0.1, 0.15) is 49.1 Å². The van der Waals surface area contributed by atoms with Crippen LogP contribution in [0.4, 0.5) is 4.39 Å². The first-order valence-corrected chi connectivity index (χ1v) is 12.6. The molecule has 0 atom stereocenters. The summed E-state index contributed by atoms with van der Waals surface area (Å²) in [4.78, 5) is 11.2. The lowest BCUT2D eigenvalue weighted by molar-refractivity contribution is -0.138. The minimum atomic E-state index is -0.520. The number of hydrogen-bond acceptors (Lipinski definition) is 4. The molecule has 0 amide bonds. The number of halogens is 1. The molecule has 1 N–H and O–H groups in total. The smallest absolute Gasteiger partial charge is 0.330 e. The zero-order chi connectivity index (χ0) is 25.3. The normalized spacial score (nSPS) is 13.8. The summed E-state index contributed by atoms with van der Waals surface area (Å²) in [5.41, 5.74) is 5.15. The molecule has 0 spiro atoms. The molecule has 0 unspecified atom stereocenters. The second-order valence-electron chi connectivity index (χ2n) is 9.17. The molecule has 0 saturated heterocycles. The fraction of sp³-hybridized carbons (Fsp3) is 0.323. The number of ether oxygens (including phenoxy) is 2. The molecular weight excluding hydrogens is 455 g/mol. The molecule has 4 nitrogen and oxygen atoms in total. The maximum absolute atomic E-state index is 15.3. The second-order valence-corrected chi connectivity index (χ2v) is 9.17. The Labute approximate surface area is 212 Å². The topological polar surface area (TPSA) is 55.8 Å². The first-order chi connectivity index (χ1) is 17.6. The predicted molar refractivity (Wildman–Crippen MR) is 141 cm³/mol. The van der Waals surface area contributed by atoms with Crippen molar-refractivity contribution >= 4 is 5.97 Å². The maximum atomic E-state index is 15.3. The van der Waals surface area contributed by atoms with Crippen LogP contribution in [-0.2, 0) is 16.0 Å². The van der Waals surface area contributed by atoms with Gasteiger partial charge in [0, 0.05) is 18.2 Å². The van der Waals surface area contributed by atoms with Crippen LogP contribution in [0, 0.1) is 5.82 Å². The van der Waals surface area contributed by atoms with Crippen LogP contribution in [0.15, 0.2) is 73.3 Å². The van der Waals surface area contributed by atoms with Gasteiger partial charge in [-0.3, -0.25) is 0 Å².